The summed E-state index contributed by atoms with van der Waals surface area (Å²) in [6, 6.07) is 17.0. The Morgan fingerprint density at radius 2 is 2.00 bits per heavy atom. The predicted molar refractivity (Wildman–Crippen MR) is 110 cm³/mol. The quantitative estimate of drug-likeness (QED) is 0.636. The highest BCUT2D eigenvalue weighted by Crippen LogP contribution is 2.23. The molecule has 2 aromatic carbocycles. The van der Waals surface area contributed by atoms with Gasteiger partial charge in [-0.2, -0.15) is 5.10 Å². The second-order valence-electron chi connectivity index (χ2n) is 6.34. The van der Waals surface area contributed by atoms with Gasteiger partial charge in [0.15, 0.2) is 4.77 Å². The molecule has 0 radical (unpaired) electrons. The van der Waals surface area contributed by atoms with Gasteiger partial charge in [0.2, 0.25) is 5.91 Å². The zero-order chi connectivity index (χ0) is 19.4. The van der Waals surface area contributed by atoms with Crippen LogP contribution in [-0.2, 0) is 4.79 Å². The topological polar surface area (TPSA) is 66.0 Å². The third-order valence-electron chi connectivity index (χ3n) is 4.52. The molecule has 0 saturated carbocycles. The second-order valence-corrected chi connectivity index (χ2v) is 6.72. The Hall–Kier alpha value is -2.77. The summed E-state index contributed by atoms with van der Waals surface area (Å²) in [5.41, 5.74) is 2.53. The SMILES string of the molecule is CCN(C)[C@H](C(=O)Nc1cccc(-n2c(C)n[nH]c2=S)c1)c1ccccc1. The zero-order valence-electron chi connectivity index (χ0n) is 15.6. The number of amides is 1. The molecule has 1 amide bonds. The first-order valence-electron chi connectivity index (χ1n) is 8.81. The Morgan fingerprint density at radius 3 is 2.63 bits per heavy atom. The van der Waals surface area contributed by atoms with E-state index in [0.29, 0.717) is 10.5 Å². The van der Waals surface area contributed by atoms with Gasteiger partial charge >= 0.3 is 0 Å². The van der Waals surface area contributed by atoms with Crippen molar-refractivity contribution in [2.75, 3.05) is 18.9 Å². The molecule has 0 aliphatic heterocycles. The number of nitrogens with zero attached hydrogens (tertiary/aromatic N) is 3. The third kappa shape index (κ3) is 4.15. The molecule has 0 aliphatic carbocycles. The standard InChI is InChI=1S/C20H23N5OS/c1-4-24(3)18(15-9-6-5-7-10-15)19(26)21-16-11-8-12-17(13-16)25-14(2)22-23-20(25)27/h5-13,18H,4H2,1-3H3,(H,21,26)(H,23,27)/t18-/m0/s1. The Balaban J connectivity index is 1.89. The van der Waals surface area contributed by atoms with Gasteiger partial charge in [0, 0.05) is 5.69 Å². The molecule has 6 nitrogen and oxygen atoms in total. The van der Waals surface area contributed by atoms with E-state index in [0.717, 1.165) is 23.6 Å². The van der Waals surface area contributed by atoms with E-state index in [1.54, 1.807) is 0 Å². The lowest BCUT2D eigenvalue weighted by atomic mass is 10.0. The predicted octanol–water partition coefficient (Wildman–Crippen LogP) is 3.87. The normalized spacial score (nSPS) is 12.1. The molecule has 27 heavy (non-hydrogen) atoms. The average Bonchev–Trinajstić information content (AvgIpc) is 3.01. The van der Waals surface area contributed by atoms with Gasteiger partial charge in [0.05, 0.1) is 5.69 Å². The molecule has 3 rings (SSSR count). The fraction of sp³-hybridized carbons (Fsp3) is 0.250. The number of nitrogens with one attached hydrogen (secondary N) is 2. The number of aromatic amines is 1. The first kappa shape index (κ1) is 19.0. The summed E-state index contributed by atoms with van der Waals surface area (Å²) in [4.78, 5) is 15.1. The highest BCUT2D eigenvalue weighted by molar-refractivity contribution is 7.71. The van der Waals surface area contributed by atoms with E-state index in [9.17, 15) is 4.79 Å². The highest BCUT2D eigenvalue weighted by Gasteiger charge is 2.24. The number of benzene rings is 2. The number of aryl methyl sites for hydroxylation is 1. The molecule has 2 N–H and O–H groups in total. The average molecular weight is 382 g/mol. The van der Waals surface area contributed by atoms with Gasteiger partial charge in [-0.25, -0.2) is 0 Å². The maximum Gasteiger partial charge on any atom is 0.246 e. The van der Waals surface area contributed by atoms with E-state index in [2.05, 4.69) is 15.5 Å². The molecule has 1 atom stereocenters. The number of rotatable bonds is 6. The summed E-state index contributed by atoms with van der Waals surface area (Å²) in [6.45, 7) is 4.67. The van der Waals surface area contributed by atoms with E-state index in [4.69, 9.17) is 12.2 Å². The molecule has 1 aromatic heterocycles. The van der Waals surface area contributed by atoms with Crippen molar-refractivity contribution >= 4 is 23.8 Å². The van der Waals surface area contributed by atoms with Crippen molar-refractivity contribution in [3.05, 3.63) is 70.8 Å². The Bertz CT molecular complexity index is 979. The van der Waals surface area contributed by atoms with Gasteiger partial charge in [-0.15, -0.1) is 0 Å². The first-order chi connectivity index (χ1) is 13.0. The molecular formula is C20H23N5OS. The number of anilines is 1. The summed E-state index contributed by atoms with van der Waals surface area (Å²) >= 11 is 5.29. The molecule has 3 aromatic rings. The van der Waals surface area contributed by atoms with Crippen molar-refractivity contribution < 1.29 is 4.79 Å². The van der Waals surface area contributed by atoms with Crippen molar-refractivity contribution in [3.8, 4) is 5.69 Å². The number of hydrogen-bond donors (Lipinski definition) is 2. The first-order valence-corrected chi connectivity index (χ1v) is 9.22. The number of carbonyl (C=O) groups is 1. The number of hydrogen-bond acceptors (Lipinski definition) is 4. The van der Waals surface area contributed by atoms with Crippen LogP contribution in [0.4, 0.5) is 5.69 Å². The van der Waals surface area contributed by atoms with Crippen LogP contribution in [-0.4, -0.2) is 39.2 Å². The third-order valence-corrected chi connectivity index (χ3v) is 4.79. The van der Waals surface area contributed by atoms with Crippen LogP contribution in [0.2, 0.25) is 0 Å². The van der Waals surface area contributed by atoms with Gasteiger partial charge < -0.3 is 5.32 Å². The van der Waals surface area contributed by atoms with Crippen LogP contribution in [0.15, 0.2) is 54.6 Å². The Labute approximate surface area is 163 Å². The maximum absolute atomic E-state index is 13.0. The van der Waals surface area contributed by atoms with Gasteiger partial charge in [0.1, 0.15) is 11.9 Å². The maximum atomic E-state index is 13.0. The summed E-state index contributed by atoms with van der Waals surface area (Å²) in [5, 5.41) is 9.96. The fourth-order valence-corrected chi connectivity index (χ4v) is 3.32. The van der Waals surface area contributed by atoms with Crippen LogP contribution in [0.5, 0.6) is 0 Å². The van der Waals surface area contributed by atoms with Gasteiger partial charge in [-0.05, 0) is 56.5 Å². The molecule has 0 saturated heterocycles. The van der Waals surface area contributed by atoms with Gasteiger partial charge in [-0.1, -0.05) is 43.3 Å². The minimum atomic E-state index is -0.363. The van der Waals surface area contributed by atoms with Crippen molar-refractivity contribution in [1.29, 1.82) is 0 Å². The van der Waals surface area contributed by atoms with Crippen LogP contribution in [0, 0.1) is 11.7 Å². The molecule has 0 aliphatic rings. The molecule has 0 unspecified atom stereocenters. The molecule has 0 spiro atoms. The highest BCUT2D eigenvalue weighted by atomic mass is 32.1. The number of likely N-dealkylation sites (N-methyl/N-ethyl adjacent to an activating group) is 1. The largest absolute Gasteiger partial charge is 0.324 e. The number of aromatic nitrogens is 3. The summed E-state index contributed by atoms with van der Waals surface area (Å²) < 4.78 is 2.35. The summed E-state index contributed by atoms with van der Waals surface area (Å²) in [7, 11) is 1.95. The monoisotopic (exact) mass is 381 g/mol. The molecule has 0 fully saturated rings. The lowest BCUT2D eigenvalue weighted by Gasteiger charge is -2.26. The van der Waals surface area contributed by atoms with E-state index >= 15 is 0 Å². The number of carbonyl (C=O) groups excluding carboxylic acids is 1. The molecule has 140 valence electrons. The van der Waals surface area contributed by atoms with Crippen LogP contribution in [0.1, 0.15) is 24.4 Å². The van der Waals surface area contributed by atoms with E-state index in [-0.39, 0.29) is 11.9 Å². The molecule has 0 bridgehead atoms. The Kier molecular flexibility index (Phi) is 5.83. The van der Waals surface area contributed by atoms with Crippen molar-refractivity contribution in [1.82, 2.24) is 19.7 Å². The van der Waals surface area contributed by atoms with Gasteiger partial charge in [0.25, 0.3) is 0 Å². The molecule has 7 heteroatoms. The minimum absolute atomic E-state index is 0.0739. The van der Waals surface area contributed by atoms with E-state index < -0.39 is 0 Å². The second kappa shape index (κ2) is 8.28. The van der Waals surface area contributed by atoms with Crippen LogP contribution < -0.4 is 5.32 Å². The molecule has 1 heterocycles. The smallest absolute Gasteiger partial charge is 0.246 e. The van der Waals surface area contributed by atoms with Crippen LogP contribution in [0.25, 0.3) is 5.69 Å². The molecular weight excluding hydrogens is 358 g/mol. The number of H-pyrrole nitrogens is 1. The minimum Gasteiger partial charge on any atom is -0.324 e. The zero-order valence-corrected chi connectivity index (χ0v) is 16.5. The van der Waals surface area contributed by atoms with E-state index in [1.807, 2.05) is 85.0 Å². The van der Waals surface area contributed by atoms with Crippen molar-refractivity contribution in [2.45, 2.75) is 19.9 Å². The van der Waals surface area contributed by atoms with Crippen LogP contribution in [0.3, 0.4) is 0 Å². The van der Waals surface area contributed by atoms with Crippen molar-refractivity contribution in [2.24, 2.45) is 0 Å². The van der Waals surface area contributed by atoms with Crippen LogP contribution >= 0.6 is 12.2 Å². The lowest BCUT2D eigenvalue weighted by Crippen LogP contribution is -2.34. The van der Waals surface area contributed by atoms with Gasteiger partial charge in [-0.3, -0.25) is 19.4 Å². The van der Waals surface area contributed by atoms with E-state index in [1.165, 1.54) is 0 Å². The van der Waals surface area contributed by atoms with Crippen molar-refractivity contribution in [3.63, 3.8) is 0 Å². The summed E-state index contributed by atoms with van der Waals surface area (Å²) in [5.74, 6) is 0.687. The summed E-state index contributed by atoms with van der Waals surface area (Å²) in [6.07, 6.45) is 0. The fourth-order valence-electron chi connectivity index (χ4n) is 3.04. The lowest BCUT2D eigenvalue weighted by molar-refractivity contribution is -0.121. The Morgan fingerprint density at radius 1 is 1.26 bits per heavy atom.